The SMILES string of the molecule is O=C(c1ccccc1)c1nc2ccccc2c(-c2ccccc2)c1C(=O)c1ccccc1. The fourth-order valence-corrected chi connectivity index (χ4v) is 3.96. The van der Waals surface area contributed by atoms with Crippen molar-refractivity contribution in [2.24, 2.45) is 0 Å². The maximum Gasteiger partial charge on any atom is 0.212 e. The zero-order chi connectivity index (χ0) is 21.9. The number of fused-ring (bicyclic) bond motifs is 1. The van der Waals surface area contributed by atoms with Crippen molar-refractivity contribution in [1.29, 1.82) is 0 Å². The lowest BCUT2D eigenvalue weighted by Gasteiger charge is -2.16. The Labute approximate surface area is 186 Å². The highest BCUT2D eigenvalue weighted by Crippen LogP contribution is 2.35. The van der Waals surface area contributed by atoms with Crippen molar-refractivity contribution in [3.63, 3.8) is 0 Å². The van der Waals surface area contributed by atoms with Gasteiger partial charge in [0.25, 0.3) is 0 Å². The Balaban J connectivity index is 1.89. The van der Waals surface area contributed by atoms with E-state index in [0.717, 1.165) is 16.5 Å². The van der Waals surface area contributed by atoms with E-state index in [9.17, 15) is 9.59 Å². The Kier molecular flexibility index (Phi) is 5.14. The number of pyridine rings is 1. The molecule has 0 spiro atoms. The van der Waals surface area contributed by atoms with Gasteiger partial charge in [-0.2, -0.15) is 0 Å². The van der Waals surface area contributed by atoms with Crippen molar-refractivity contribution in [3.8, 4) is 11.1 Å². The predicted octanol–water partition coefficient (Wildman–Crippen LogP) is 6.36. The molecule has 0 saturated heterocycles. The van der Waals surface area contributed by atoms with E-state index < -0.39 is 0 Å². The van der Waals surface area contributed by atoms with E-state index in [1.807, 2.05) is 91.0 Å². The number of para-hydroxylation sites is 1. The second-order valence-electron chi connectivity index (χ2n) is 7.48. The Hall–Kier alpha value is -4.37. The molecular formula is C29H19NO2. The zero-order valence-corrected chi connectivity index (χ0v) is 17.2. The van der Waals surface area contributed by atoms with Gasteiger partial charge in [-0.3, -0.25) is 9.59 Å². The smallest absolute Gasteiger partial charge is 0.212 e. The molecule has 0 N–H and O–H groups in total. The molecule has 0 aliphatic carbocycles. The number of nitrogens with zero attached hydrogens (tertiary/aromatic N) is 1. The highest BCUT2D eigenvalue weighted by Gasteiger charge is 2.27. The maximum atomic E-state index is 13.8. The molecule has 0 atom stereocenters. The van der Waals surface area contributed by atoms with Crippen LogP contribution in [0.15, 0.2) is 115 Å². The molecule has 32 heavy (non-hydrogen) atoms. The van der Waals surface area contributed by atoms with E-state index in [1.54, 1.807) is 24.3 Å². The summed E-state index contributed by atoms with van der Waals surface area (Å²) in [5, 5.41) is 0.836. The molecular weight excluding hydrogens is 394 g/mol. The minimum atomic E-state index is -0.271. The number of hydrogen-bond acceptors (Lipinski definition) is 3. The van der Waals surface area contributed by atoms with Gasteiger partial charge in [-0.1, -0.05) is 109 Å². The molecule has 152 valence electrons. The lowest BCUT2D eigenvalue weighted by Crippen LogP contribution is -2.15. The molecule has 3 heteroatoms. The Morgan fingerprint density at radius 3 is 1.66 bits per heavy atom. The molecule has 0 fully saturated rings. The van der Waals surface area contributed by atoms with Gasteiger partial charge >= 0.3 is 0 Å². The Bertz CT molecular complexity index is 1430. The molecule has 0 radical (unpaired) electrons. The summed E-state index contributed by atoms with van der Waals surface area (Å²) in [4.78, 5) is 32.2. The average Bonchev–Trinajstić information content (AvgIpc) is 2.88. The van der Waals surface area contributed by atoms with Gasteiger partial charge in [-0.25, -0.2) is 4.98 Å². The first kappa shape index (κ1) is 19.6. The molecule has 0 amide bonds. The summed E-state index contributed by atoms with van der Waals surface area (Å²) < 4.78 is 0. The van der Waals surface area contributed by atoms with Gasteiger partial charge in [0.1, 0.15) is 5.69 Å². The van der Waals surface area contributed by atoms with Gasteiger partial charge in [0, 0.05) is 22.1 Å². The average molecular weight is 413 g/mol. The van der Waals surface area contributed by atoms with Crippen molar-refractivity contribution in [2.45, 2.75) is 0 Å². The number of hydrogen-bond donors (Lipinski definition) is 0. The molecule has 4 aromatic carbocycles. The Morgan fingerprint density at radius 2 is 1.03 bits per heavy atom. The van der Waals surface area contributed by atoms with Gasteiger partial charge in [0.05, 0.1) is 11.1 Å². The molecule has 0 saturated carbocycles. The molecule has 3 nitrogen and oxygen atoms in total. The van der Waals surface area contributed by atoms with Crippen molar-refractivity contribution < 1.29 is 9.59 Å². The quantitative estimate of drug-likeness (QED) is 0.315. The lowest BCUT2D eigenvalue weighted by molar-refractivity contribution is 0.100. The van der Waals surface area contributed by atoms with Gasteiger partial charge in [-0.05, 0) is 11.6 Å². The van der Waals surface area contributed by atoms with Crippen molar-refractivity contribution >= 4 is 22.5 Å². The zero-order valence-electron chi connectivity index (χ0n) is 17.2. The summed E-state index contributed by atoms with van der Waals surface area (Å²) in [5.74, 6) is -0.491. The first-order valence-electron chi connectivity index (χ1n) is 10.4. The van der Waals surface area contributed by atoms with E-state index in [2.05, 4.69) is 0 Å². The number of aromatic nitrogens is 1. The van der Waals surface area contributed by atoms with Crippen LogP contribution in [0.2, 0.25) is 0 Å². The van der Waals surface area contributed by atoms with Crippen LogP contribution in [0.1, 0.15) is 32.0 Å². The van der Waals surface area contributed by atoms with Crippen LogP contribution >= 0.6 is 0 Å². The molecule has 0 unspecified atom stereocenters. The van der Waals surface area contributed by atoms with E-state index in [1.165, 1.54) is 0 Å². The fraction of sp³-hybridized carbons (Fsp3) is 0. The van der Waals surface area contributed by atoms with Crippen molar-refractivity contribution in [2.75, 3.05) is 0 Å². The predicted molar refractivity (Wildman–Crippen MR) is 127 cm³/mol. The molecule has 1 heterocycles. The topological polar surface area (TPSA) is 47.0 Å². The summed E-state index contributed by atoms with van der Waals surface area (Å²) in [6.45, 7) is 0. The van der Waals surface area contributed by atoms with Crippen molar-refractivity contribution in [1.82, 2.24) is 4.98 Å². The second-order valence-corrected chi connectivity index (χ2v) is 7.48. The summed E-state index contributed by atoms with van der Waals surface area (Å²) >= 11 is 0. The third-order valence-corrected chi connectivity index (χ3v) is 5.47. The van der Waals surface area contributed by atoms with Gasteiger partial charge < -0.3 is 0 Å². The number of carbonyl (C=O) groups excluding carboxylic acids is 2. The van der Waals surface area contributed by atoms with Crippen LogP contribution in [0.25, 0.3) is 22.0 Å². The molecule has 5 aromatic rings. The summed E-state index contributed by atoms with van der Waals surface area (Å²) in [5.41, 5.74) is 3.78. The summed E-state index contributed by atoms with van der Waals surface area (Å²) in [7, 11) is 0. The normalized spacial score (nSPS) is 10.8. The van der Waals surface area contributed by atoms with E-state index in [-0.39, 0.29) is 17.3 Å². The third-order valence-electron chi connectivity index (χ3n) is 5.47. The fourth-order valence-electron chi connectivity index (χ4n) is 3.96. The standard InChI is InChI=1S/C29H19NO2/c31-28(21-14-6-2-7-15-21)26-25(20-12-4-1-5-13-20)23-18-10-11-19-24(23)30-27(26)29(32)22-16-8-3-9-17-22/h1-19H. The molecule has 5 rings (SSSR count). The number of rotatable bonds is 5. The molecule has 0 aliphatic heterocycles. The monoisotopic (exact) mass is 413 g/mol. The van der Waals surface area contributed by atoms with E-state index in [0.29, 0.717) is 22.2 Å². The first-order chi connectivity index (χ1) is 15.7. The summed E-state index contributed by atoms with van der Waals surface area (Å²) in [6.07, 6.45) is 0. The van der Waals surface area contributed by atoms with Gasteiger partial charge in [0.15, 0.2) is 5.78 Å². The van der Waals surface area contributed by atoms with Crippen LogP contribution < -0.4 is 0 Å². The van der Waals surface area contributed by atoms with E-state index in [4.69, 9.17) is 4.98 Å². The molecule has 1 aromatic heterocycles. The van der Waals surface area contributed by atoms with Crippen LogP contribution in [0.3, 0.4) is 0 Å². The lowest BCUT2D eigenvalue weighted by atomic mass is 9.87. The minimum absolute atomic E-state index is 0.169. The van der Waals surface area contributed by atoms with Crippen molar-refractivity contribution in [3.05, 3.63) is 138 Å². The van der Waals surface area contributed by atoms with Crippen LogP contribution in [0.4, 0.5) is 0 Å². The highest BCUT2D eigenvalue weighted by atomic mass is 16.1. The molecule has 0 bridgehead atoms. The Morgan fingerprint density at radius 1 is 0.531 bits per heavy atom. The van der Waals surface area contributed by atoms with Gasteiger partial charge in [0.2, 0.25) is 5.78 Å². The highest BCUT2D eigenvalue weighted by molar-refractivity contribution is 6.24. The largest absolute Gasteiger partial charge is 0.289 e. The summed E-state index contributed by atoms with van der Waals surface area (Å²) in [6, 6.07) is 35.4. The second kappa shape index (κ2) is 8.40. The van der Waals surface area contributed by atoms with Crippen LogP contribution in [0, 0.1) is 0 Å². The number of benzene rings is 4. The number of ketones is 2. The van der Waals surface area contributed by atoms with Gasteiger partial charge in [-0.15, -0.1) is 0 Å². The van der Waals surface area contributed by atoms with Crippen LogP contribution in [0.5, 0.6) is 0 Å². The maximum absolute atomic E-state index is 13.8. The molecule has 0 aliphatic rings. The van der Waals surface area contributed by atoms with E-state index >= 15 is 0 Å². The third kappa shape index (κ3) is 3.50. The first-order valence-corrected chi connectivity index (χ1v) is 10.4. The van der Waals surface area contributed by atoms with Crippen LogP contribution in [-0.2, 0) is 0 Å². The minimum Gasteiger partial charge on any atom is -0.289 e. The van der Waals surface area contributed by atoms with Crippen LogP contribution in [-0.4, -0.2) is 16.6 Å². The number of carbonyl (C=O) groups is 2.